The molecule has 2 heterocycles. The minimum Gasteiger partial charge on any atom is -0.317 e. The first-order valence-corrected chi connectivity index (χ1v) is 6.24. The van der Waals surface area contributed by atoms with Crippen LogP contribution in [0.3, 0.4) is 0 Å². The molecule has 1 aliphatic rings. The van der Waals surface area contributed by atoms with Crippen LogP contribution < -0.4 is 10.6 Å². The zero-order valence-electron chi connectivity index (χ0n) is 10.3. The quantitative estimate of drug-likeness (QED) is 0.824. The maximum Gasteiger partial charge on any atom is 0.225 e. The summed E-state index contributed by atoms with van der Waals surface area (Å²) < 4.78 is 1.67. The number of aromatic nitrogens is 2. The smallest absolute Gasteiger partial charge is 0.225 e. The minimum absolute atomic E-state index is 0.0899. The molecule has 2 N–H and O–H groups in total. The maximum absolute atomic E-state index is 11.7. The van der Waals surface area contributed by atoms with Gasteiger partial charge in [-0.3, -0.25) is 9.48 Å². The van der Waals surface area contributed by atoms with Crippen molar-refractivity contribution in [1.82, 2.24) is 15.1 Å². The number of anilines is 1. The van der Waals surface area contributed by atoms with Crippen LogP contribution in [0.25, 0.3) is 0 Å². The van der Waals surface area contributed by atoms with Crippen molar-refractivity contribution < 1.29 is 4.79 Å². The van der Waals surface area contributed by atoms with E-state index in [-0.39, 0.29) is 5.91 Å². The Balaban J connectivity index is 1.72. The van der Waals surface area contributed by atoms with Crippen LogP contribution in [0.4, 0.5) is 5.82 Å². The third-order valence-corrected chi connectivity index (χ3v) is 3.33. The molecule has 0 aliphatic carbocycles. The summed E-state index contributed by atoms with van der Waals surface area (Å²) in [5.41, 5.74) is 0. The summed E-state index contributed by atoms with van der Waals surface area (Å²) in [6.45, 7) is 2.18. The summed E-state index contributed by atoms with van der Waals surface area (Å²) in [4.78, 5) is 11.7. The molecule has 94 valence electrons. The molecule has 0 saturated carbocycles. The van der Waals surface area contributed by atoms with E-state index in [2.05, 4.69) is 15.7 Å². The molecule has 1 saturated heterocycles. The van der Waals surface area contributed by atoms with Crippen molar-refractivity contribution in [2.45, 2.75) is 25.7 Å². The van der Waals surface area contributed by atoms with Gasteiger partial charge in [0.05, 0.1) is 6.20 Å². The summed E-state index contributed by atoms with van der Waals surface area (Å²) >= 11 is 0. The van der Waals surface area contributed by atoms with Crippen LogP contribution in [0.1, 0.15) is 25.7 Å². The number of rotatable bonds is 4. The van der Waals surface area contributed by atoms with E-state index in [0.717, 1.165) is 25.3 Å². The minimum atomic E-state index is 0.0899. The SMILES string of the molecule is Cn1nccc1NC(=O)CCC1CCNCC1. The molecule has 0 bridgehead atoms. The van der Waals surface area contributed by atoms with Crippen LogP contribution in [-0.2, 0) is 11.8 Å². The highest BCUT2D eigenvalue weighted by Gasteiger charge is 2.14. The van der Waals surface area contributed by atoms with Crippen LogP contribution in [0.15, 0.2) is 12.3 Å². The number of carbonyl (C=O) groups is 1. The van der Waals surface area contributed by atoms with Gasteiger partial charge in [-0.1, -0.05) is 0 Å². The van der Waals surface area contributed by atoms with Gasteiger partial charge in [-0.2, -0.15) is 5.10 Å². The molecule has 5 nitrogen and oxygen atoms in total. The standard InChI is InChI=1S/C12H20N4O/c1-16-11(6-9-14-16)15-12(17)3-2-10-4-7-13-8-5-10/h6,9-10,13H,2-5,7-8H2,1H3,(H,15,17). The van der Waals surface area contributed by atoms with Gasteiger partial charge in [-0.15, -0.1) is 0 Å². The predicted molar refractivity (Wildman–Crippen MR) is 66.7 cm³/mol. The molecular formula is C12H20N4O. The van der Waals surface area contributed by atoms with Crippen LogP contribution in [0.5, 0.6) is 0 Å². The first kappa shape index (κ1) is 12.1. The molecule has 1 aromatic rings. The van der Waals surface area contributed by atoms with E-state index in [1.165, 1.54) is 12.8 Å². The molecule has 17 heavy (non-hydrogen) atoms. The molecule has 1 aliphatic heterocycles. The van der Waals surface area contributed by atoms with E-state index >= 15 is 0 Å². The second kappa shape index (κ2) is 5.82. The number of nitrogens with one attached hydrogen (secondary N) is 2. The van der Waals surface area contributed by atoms with E-state index in [4.69, 9.17) is 0 Å². The lowest BCUT2D eigenvalue weighted by molar-refractivity contribution is -0.116. The molecule has 0 unspecified atom stereocenters. The molecule has 1 amide bonds. The van der Waals surface area contributed by atoms with Crippen molar-refractivity contribution in [3.8, 4) is 0 Å². The van der Waals surface area contributed by atoms with Gasteiger partial charge in [0.2, 0.25) is 5.91 Å². The third-order valence-electron chi connectivity index (χ3n) is 3.33. The number of hydrogen-bond acceptors (Lipinski definition) is 3. The number of nitrogens with zero attached hydrogens (tertiary/aromatic N) is 2. The molecule has 1 fully saturated rings. The normalized spacial score (nSPS) is 17.0. The number of aryl methyl sites for hydroxylation is 1. The van der Waals surface area contributed by atoms with E-state index < -0.39 is 0 Å². The summed E-state index contributed by atoms with van der Waals surface area (Å²) in [6.07, 6.45) is 5.67. The maximum atomic E-state index is 11.7. The van der Waals surface area contributed by atoms with Gasteiger partial charge in [-0.05, 0) is 38.3 Å². The first-order valence-electron chi connectivity index (χ1n) is 6.24. The fraction of sp³-hybridized carbons (Fsp3) is 0.667. The summed E-state index contributed by atoms with van der Waals surface area (Å²) in [5, 5.41) is 10.2. The Bertz CT molecular complexity index is 368. The lowest BCUT2D eigenvalue weighted by Gasteiger charge is -2.22. The zero-order valence-corrected chi connectivity index (χ0v) is 10.3. The predicted octanol–water partition coefficient (Wildman–Crippen LogP) is 1.14. The zero-order chi connectivity index (χ0) is 12.1. The lowest BCUT2D eigenvalue weighted by Crippen LogP contribution is -2.28. The number of amides is 1. The van der Waals surface area contributed by atoms with Crippen LogP contribution >= 0.6 is 0 Å². The lowest BCUT2D eigenvalue weighted by atomic mass is 9.93. The van der Waals surface area contributed by atoms with Gasteiger partial charge in [0, 0.05) is 19.5 Å². The number of carbonyl (C=O) groups excluding carboxylic acids is 1. The fourth-order valence-corrected chi connectivity index (χ4v) is 2.21. The molecule has 5 heteroatoms. The van der Waals surface area contributed by atoms with Gasteiger partial charge in [0.1, 0.15) is 5.82 Å². The Hall–Kier alpha value is -1.36. The average molecular weight is 236 g/mol. The van der Waals surface area contributed by atoms with Gasteiger partial charge in [0.15, 0.2) is 0 Å². The molecule has 0 aromatic carbocycles. The Morgan fingerprint density at radius 1 is 1.59 bits per heavy atom. The number of hydrogen-bond donors (Lipinski definition) is 2. The fourth-order valence-electron chi connectivity index (χ4n) is 2.21. The van der Waals surface area contributed by atoms with Crippen molar-refractivity contribution in [3.63, 3.8) is 0 Å². The van der Waals surface area contributed by atoms with Crippen molar-refractivity contribution in [3.05, 3.63) is 12.3 Å². The first-order chi connectivity index (χ1) is 8.25. The highest BCUT2D eigenvalue weighted by Crippen LogP contribution is 2.18. The summed E-state index contributed by atoms with van der Waals surface area (Å²) in [5.74, 6) is 1.56. The van der Waals surface area contributed by atoms with E-state index in [1.807, 2.05) is 13.1 Å². The van der Waals surface area contributed by atoms with Crippen LogP contribution in [-0.4, -0.2) is 28.8 Å². The van der Waals surface area contributed by atoms with Crippen molar-refractivity contribution in [2.75, 3.05) is 18.4 Å². The largest absolute Gasteiger partial charge is 0.317 e. The highest BCUT2D eigenvalue weighted by molar-refractivity contribution is 5.89. The molecule has 2 rings (SSSR count). The molecule has 0 atom stereocenters. The van der Waals surface area contributed by atoms with E-state index in [0.29, 0.717) is 12.3 Å². The molecule has 1 aromatic heterocycles. The molecule has 0 spiro atoms. The topological polar surface area (TPSA) is 59.0 Å². The summed E-state index contributed by atoms with van der Waals surface area (Å²) in [7, 11) is 1.82. The Morgan fingerprint density at radius 2 is 2.35 bits per heavy atom. The molecular weight excluding hydrogens is 216 g/mol. The van der Waals surface area contributed by atoms with Gasteiger partial charge in [-0.25, -0.2) is 0 Å². The Morgan fingerprint density at radius 3 is 3.00 bits per heavy atom. The van der Waals surface area contributed by atoms with E-state index in [9.17, 15) is 4.79 Å². The third kappa shape index (κ3) is 3.56. The second-order valence-corrected chi connectivity index (χ2v) is 4.62. The Kier molecular flexibility index (Phi) is 4.14. The van der Waals surface area contributed by atoms with Gasteiger partial charge < -0.3 is 10.6 Å². The second-order valence-electron chi connectivity index (χ2n) is 4.62. The van der Waals surface area contributed by atoms with Crippen LogP contribution in [0, 0.1) is 5.92 Å². The highest BCUT2D eigenvalue weighted by atomic mass is 16.1. The van der Waals surface area contributed by atoms with Crippen molar-refractivity contribution >= 4 is 11.7 Å². The van der Waals surface area contributed by atoms with Gasteiger partial charge >= 0.3 is 0 Å². The Labute approximate surface area is 102 Å². The molecule has 0 radical (unpaired) electrons. The number of piperidine rings is 1. The summed E-state index contributed by atoms with van der Waals surface area (Å²) in [6, 6.07) is 1.81. The van der Waals surface area contributed by atoms with Crippen molar-refractivity contribution in [2.24, 2.45) is 13.0 Å². The van der Waals surface area contributed by atoms with Crippen molar-refractivity contribution in [1.29, 1.82) is 0 Å². The average Bonchev–Trinajstić information content (AvgIpc) is 2.74. The van der Waals surface area contributed by atoms with Crippen LogP contribution in [0.2, 0.25) is 0 Å². The monoisotopic (exact) mass is 236 g/mol. The van der Waals surface area contributed by atoms with Gasteiger partial charge in [0.25, 0.3) is 0 Å². The van der Waals surface area contributed by atoms with E-state index in [1.54, 1.807) is 10.9 Å².